The fourth-order valence-corrected chi connectivity index (χ4v) is 2.23. The van der Waals surface area contributed by atoms with Gasteiger partial charge >= 0.3 is 0 Å². The number of thioether (sulfide) groups is 1. The van der Waals surface area contributed by atoms with Gasteiger partial charge in [0.2, 0.25) is 5.91 Å². The van der Waals surface area contributed by atoms with E-state index >= 15 is 0 Å². The molecule has 1 unspecified atom stereocenters. The summed E-state index contributed by atoms with van der Waals surface area (Å²) < 4.78 is 24.9. The highest BCUT2D eigenvalue weighted by Gasteiger charge is 2.15. The third-order valence-electron chi connectivity index (χ3n) is 2.70. The summed E-state index contributed by atoms with van der Waals surface area (Å²) in [6.45, 7) is 4.39. The van der Waals surface area contributed by atoms with Crippen LogP contribution >= 0.6 is 11.8 Å². The number of amides is 1. The number of rotatable bonds is 8. The topological polar surface area (TPSA) is 41.1 Å². The summed E-state index contributed by atoms with van der Waals surface area (Å²) in [6, 6.07) is 6.29. The second kappa shape index (κ2) is 8.79. The van der Waals surface area contributed by atoms with Crippen molar-refractivity contribution in [3.05, 3.63) is 24.3 Å². The lowest BCUT2D eigenvalue weighted by Crippen LogP contribution is -2.38. The molecule has 20 heavy (non-hydrogen) atoms. The summed E-state index contributed by atoms with van der Waals surface area (Å²) in [4.78, 5) is 12.3. The minimum atomic E-state index is -2.48. The first-order valence-corrected chi connectivity index (χ1v) is 7.50. The van der Waals surface area contributed by atoms with E-state index in [-0.39, 0.29) is 5.91 Å². The number of unbranched alkanes of at least 4 members (excludes halogenated alkanes) is 1. The van der Waals surface area contributed by atoms with Gasteiger partial charge in [-0.3, -0.25) is 4.79 Å². The summed E-state index contributed by atoms with van der Waals surface area (Å²) in [5.74, 6) is -2.61. The number of nitrogens with one attached hydrogen (secondary N) is 2. The first-order valence-electron chi connectivity index (χ1n) is 6.62. The second-order valence-electron chi connectivity index (χ2n) is 4.39. The molecule has 1 rings (SSSR count). The molecule has 0 aliphatic rings. The number of hydrogen-bond donors (Lipinski definition) is 2. The third-order valence-corrected chi connectivity index (χ3v) is 3.49. The van der Waals surface area contributed by atoms with Crippen LogP contribution in [0.2, 0.25) is 0 Å². The Kier molecular flexibility index (Phi) is 7.36. The molecule has 6 heteroatoms. The Balaban J connectivity index is 2.60. The number of anilines is 1. The fourth-order valence-electron chi connectivity index (χ4n) is 1.62. The van der Waals surface area contributed by atoms with E-state index in [1.807, 2.05) is 6.92 Å². The smallest absolute Gasteiger partial charge is 0.288 e. The number of halogens is 2. The highest BCUT2D eigenvalue weighted by molar-refractivity contribution is 7.99. The largest absolute Gasteiger partial charge is 0.373 e. The standard InChI is InChI=1S/C14H20F2N2OS/c1-3-4-9-17-13(19)10(2)18-11-7-5-6-8-12(11)20-14(15)16/h5-8,10,14,18H,3-4,9H2,1-2H3,(H,17,19). The maximum absolute atomic E-state index is 12.5. The Bertz CT molecular complexity index is 429. The molecule has 0 spiro atoms. The first kappa shape index (κ1) is 16.8. The van der Waals surface area contributed by atoms with Crippen molar-refractivity contribution >= 4 is 23.4 Å². The minimum Gasteiger partial charge on any atom is -0.373 e. The van der Waals surface area contributed by atoms with Gasteiger partial charge in [-0.15, -0.1) is 0 Å². The molecule has 3 nitrogen and oxygen atoms in total. The lowest BCUT2D eigenvalue weighted by Gasteiger charge is -2.17. The monoisotopic (exact) mass is 302 g/mol. The number of hydrogen-bond acceptors (Lipinski definition) is 3. The number of carbonyl (C=O) groups excluding carboxylic acids is 1. The molecular formula is C14H20F2N2OS. The van der Waals surface area contributed by atoms with E-state index in [0.29, 0.717) is 28.9 Å². The molecule has 112 valence electrons. The van der Waals surface area contributed by atoms with E-state index in [4.69, 9.17) is 0 Å². The Morgan fingerprint density at radius 2 is 2.05 bits per heavy atom. The van der Waals surface area contributed by atoms with E-state index < -0.39 is 11.8 Å². The van der Waals surface area contributed by atoms with Crippen LogP contribution in [-0.2, 0) is 4.79 Å². The fraction of sp³-hybridized carbons (Fsp3) is 0.500. The molecule has 0 saturated heterocycles. The molecule has 1 aromatic carbocycles. The second-order valence-corrected chi connectivity index (χ2v) is 5.42. The summed E-state index contributed by atoms with van der Waals surface area (Å²) in [5.41, 5.74) is 0.552. The molecule has 0 heterocycles. The Morgan fingerprint density at radius 1 is 1.35 bits per heavy atom. The van der Waals surface area contributed by atoms with Gasteiger partial charge in [-0.2, -0.15) is 8.78 Å². The van der Waals surface area contributed by atoms with Crippen molar-refractivity contribution in [3.8, 4) is 0 Å². The molecule has 0 aliphatic heterocycles. The molecule has 0 bridgehead atoms. The van der Waals surface area contributed by atoms with Gasteiger partial charge in [0.15, 0.2) is 0 Å². The molecule has 1 atom stereocenters. The maximum Gasteiger partial charge on any atom is 0.288 e. The van der Waals surface area contributed by atoms with Gasteiger partial charge in [0.25, 0.3) is 5.76 Å². The predicted octanol–water partition coefficient (Wildman–Crippen LogP) is 3.72. The van der Waals surface area contributed by atoms with Crippen LogP contribution in [0.1, 0.15) is 26.7 Å². The van der Waals surface area contributed by atoms with E-state index in [1.54, 1.807) is 31.2 Å². The first-order chi connectivity index (χ1) is 9.54. The summed E-state index contributed by atoms with van der Waals surface area (Å²) in [5, 5.41) is 5.78. The van der Waals surface area contributed by atoms with Crippen LogP contribution in [0, 0.1) is 0 Å². The molecule has 0 radical (unpaired) electrons. The average Bonchev–Trinajstić information content (AvgIpc) is 2.40. The summed E-state index contributed by atoms with van der Waals surface area (Å²) in [6.07, 6.45) is 1.94. The Hall–Kier alpha value is -1.30. The number of para-hydroxylation sites is 1. The van der Waals surface area contributed by atoms with Crippen LogP contribution in [0.5, 0.6) is 0 Å². The van der Waals surface area contributed by atoms with Crippen molar-refractivity contribution in [1.29, 1.82) is 0 Å². The molecule has 0 saturated carbocycles. The van der Waals surface area contributed by atoms with E-state index in [1.165, 1.54) is 0 Å². The van der Waals surface area contributed by atoms with Crippen LogP contribution in [0.4, 0.5) is 14.5 Å². The molecule has 2 N–H and O–H groups in total. The van der Waals surface area contributed by atoms with Gasteiger partial charge < -0.3 is 10.6 Å². The minimum absolute atomic E-state index is 0.129. The summed E-state index contributed by atoms with van der Waals surface area (Å²) >= 11 is 0.473. The van der Waals surface area contributed by atoms with Gasteiger partial charge in [0.05, 0.1) is 0 Å². The van der Waals surface area contributed by atoms with Gasteiger partial charge in [0.1, 0.15) is 6.04 Å². The van der Waals surface area contributed by atoms with Crippen molar-refractivity contribution in [2.75, 3.05) is 11.9 Å². The molecule has 1 aromatic rings. The normalized spacial score (nSPS) is 12.2. The molecule has 0 aromatic heterocycles. The Labute approximate surface area is 122 Å². The van der Waals surface area contributed by atoms with Crippen molar-refractivity contribution < 1.29 is 13.6 Å². The van der Waals surface area contributed by atoms with E-state index in [2.05, 4.69) is 10.6 Å². The SMILES string of the molecule is CCCCNC(=O)C(C)Nc1ccccc1SC(F)F. The van der Waals surface area contributed by atoms with Crippen molar-refractivity contribution in [2.45, 2.75) is 43.4 Å². The zero-order valence-corrected chi connectivity index (χ0v) is 12.5. The van der Waals surface area contributed by atoms with Crippen LogP contribution in [-0.4, -0.2) is 24.3 Å². The van der Waals surface area contributed by atoms with E-state index in [9.17, 15) is 13.6 Å². The van der Waals surface area contributed by atoms with Gasteiger partial charge in [-0.25, -0.2) is 0 Å². The molecular weight excluding hydrogens is 282 g/mol. The number of alkyl halides is 2. The molecule has 0 aliphatic carbocycles. The highest BCUT2D eigenvalue weighted by Crippen LogP contribution is 2.31. The molecule has 1 amide bonds. The number of benzene rings is 1. The van der Waals surface area contributed by atoms with Crippen molar-refractivity contribution in [1.82, 2.24) is 5.32 Å². The quantitative estimate of drug-likeness (QED) is 0.568. The predicted molar refractivity (Wildman–Crippen MR) is 79.3 cm³/mol. The third kappa shape index (κ3) is 5.77. The highest BCUT2D eigenvalue weighted by atomic mass is 32.2. The Morgan fingerprint density at radius 3 is 2.70 bits per heavy atom. The van der Waals surface area contributed by atoms with Crippen molar-refractivity contribution in [3.63, 3.8) is 0 Å². The van der Waals surface area contributed by atoms with Gasteiger partial charge in [0, 0.05) is 17.1 Å². The molecule has 0 fully saturated rings. The van der Waals surface area contributed by atoms with Crippen LogP contribution < -0.4 is 10.6 Å². The lowest BCUT2D eigenvalue weighted by atomic mass is 10.2. The van der Waals surface area contributed by atoms with E-state index in [0.717, 1.165) is 12.8 Å². The van der Waals surface area contributed by atoms with Crippen LogP contribution in [0.3, 0.4) is 0 Å². The van der Waals surface area contributed by atoms with Crippen LogP contribution in [0.15, 0.2) is 29.2 Å². The summed E-state index contributed by atoms with van der Waals surface area (Å²) in [7, 11) is 0. The van der Waals surface area contributed by atoms with Gasteiger partial charge in [-0.05, 0) is 25.5 Å². The zero-order chi connectivity index (χ0) is 15.0. The average molecular weight is 302 g/mol. The van der Waals surface area contributed by atoms with Gasteiger partial charge in [-0.1, -0.05) is 37.2 Å². The zero-order valence-electron chi connectivity index (χ0n) is 11.7. The number of carbonyl (C=O) groups is 1. The maximum atomic E-state index is 12.5. The van der Waals surface area contributed by atoms with Crippen molar-refractivity contribution in [2.24, 2.45) is 0 Å². The van der Waals surface area contributed by atoms with Crippen LogP contribution in [0.25, 0.3) is 0 Å². The lowest BCUT2D eigenvalue weighted by molar-refractivity contribution is -0.121.